The largest absolute Gasteiger partial charge is 0.325 e. The molecule has 0 heterocycles. The number of halogens is 2. The minimum absolute atomic E-state index is 0.122. The second kappa shape index (κ2) is 9.29. The third kappa shape index (κ3) is 6.33. The third-order valence-electron chi connectivity index (χ3n) is 3.06. The van der Waals surface area contributed by atoms with Gasteiger partial charge in [0.2, 0.25) is 11.8 Å². The molecule has 2 aromatic carbocycles. The van der Waals surface area contributed by atoms with Gasteiger partial charge in [-0.1, -0.05) is 11.6 Å². The SMILES string of the molecule is Cc1cc(I)ccc1NC(=O)CSCC(=O)Nc1ccc(Cl)cc1. The number of hydrogen-bond acceptors (Lipinski definition) is 3. The molecule has 0 atom stereocenters. The van der Waals surface area contributed by atoms with Crippen molar-refractivity contribution in [3.05, 3.63) is 56.6 Å². The van der Waals surface area contributed by atoms with Crippen molar-refractivity contribution < 1.29 is 9.59 Å². The van der Waals surface area contributed by atoms with Gasteiger partial charge < -0.3 is 10.6 Å². The molecule has 2 amide bonds. The summed E-state index contributed by atoms with van der Waals surface area (Å²) in [6.45, 7) is 1.95. The van der Waals surface area contributed by atoms with Crippen molar-refractivity contribution in [3.63, 3.8) is 0 Å². The fourth-order valence-electron chi connectivity index (χ4n) is 1.92. The van der Waals surface area contributed by atoms with E-state index in [-0.39, 0.29) is 23.3 Å². The Balaban J connectivity index is 1.73. The van der Waals surface area contributed by atoms with Gasteiger partial charge in [-0.05, 0) is 77.5 Å². The maximum atomic E-state index is 11.9. The van der Waals surface area contributed by atoms with Gasteiger partial charge in [-0.2, -0.15) is 0 Å². The highest BCUT2D eigenvalue weighted by molar-refractivity contribution is 14.1. The summed E-state index contributed by atoms with van der Waals surface area (Å²) in [6, 6.07) is 12.7. The van der Waals surface area contributed by atoms with Crippen molar-refractivity contribution in [1.29, 1.82) is 0 Å². The molecule has 0 aliphatic rings. The van der Waals surface area contributed by atoms with Crippen molar-refractivity contribution in [2.75, 3.05) is 22.1 Å². The van der Waals surface area contributed by atoms with Crippen LogP contribution in [0.4, 0.5) is 11.4 Å². The zero-order valence-electron chi connectivity index (χ0n) is 12.9. The van der Waals surface area contributed by atoms with Gasteiger partial charge in [-0.25, -0.2) is 0 Å². The van der Waals surface area contributed by atoms with Crippen LogP contribution in [-0.2, 0) is 9.59 Å². The van der Waals surface area contributed by atoms with Crippen LogP contribution in [0, 0.1) is 10.5 Å². The minimum Gasteiger partial charge on any atom is -0.325 e. The van der Waals surface area contributed by atoms with E-state index in [9.17, 15) is 9.59 Å². The highest BCUT2D eigenvalue weighted by Crippen LogP contribution is 2.18. The summed E-state index contributed by atoms with van der Waals surface area (Å²) in [5, 5.41) is 6.23. The van der Waals surface area contributed by atoms with E-state index in [2.05, 4.69) is 33.2 Å². The predicted octanol–water partition coefficient (Wildman–Crippen LogP) is 4.56. The molecule has 2 N–H and O–H groups in total. The normalized spacial score (nSPS) is 10.3. The Kier molecular flexibility index (Phi) is 7.39. The Bertz CT molecular complexity index is 738. The number of nitrogens with one attached hydrogen (secondary N) is 2. The molecule has 7 heteroatoms. The smallest absolute Gasteiger partial charge is 0.234 e. The number of hydrogen-bond donors (Lipinski definition) is 2. The number of carbonyl (C=O) groups excluding carboxylic acids is 2. The molecule has 24 heavy (non-hydrogen) atoms. The molecule has 0 unspecified atom stereocenters. The first kappa shape index (κ1) is 19.1. The highest BCUT2D eigenvalue weighted by atomic mass is 127. The Morgan fingerprint density at radius 2 is 1.67 bits per heavy atom. The number of anilines is 2. The van der Waals surface area contributed by atoms with Crippen molar-refractivity contribution in [2.24, 2.45) is 0 Å². The van der Waals surface area contributed by atoms with Gasteiger partial charge in [0.1, 0.15) is 0 Å². The van der Waals surface area contributed by atoms with E-state index in [0.717, 1.165) is 14.8 Å². The summed E-state index contributed by atoms with van der Waals surface area (Å²) in [5.74, 6) is 0.158. The molecule has 126 valence electrons. The van der Waals surface area contributed by atoms with Crippen LogP contribution in [0.5, 0.6) is 0 Å². The fraction of sp³-hybridized carbons (Fsp3) is 0.176. The first-order chi connectivity index (χ1) is 11.4. The minimum atomic E-state index is -0.152. The van der Waals surface area contributed by atoms with Gasteiger partial charge in [-0.3, -0.25) is 9.59 Å². The van der Waals surface area contributed by atoms with E-state index in [4.69, 9.17) is 11.6 Å². The summed E-state index contributed by atoms with van der Waals surface area (Å²) in [6.07, 6.45) is 0. The van der Waals surface area contributed by atoms with Gasteiger partial charge >= 0.3 is 0 Å². The van der Waals surface area contributed by atoms with Crippen molar-refractivity contribution in [2.45, 2.75) is 6.92 Å². The molecular weight excluding hydrogens is 459 g/mol. The molecule has 0 saturated carbocycles. The molecule has 0 aromatic heterocycles. The lowest BCUT2D eigenvalue weighted by molar-refractivity contribution is -0.114. The first-order valence-electron chi connectivity index (χ1n) is 7.13. The number of rotatable bonds is 6. The van der Waals surface area contributed by atoms with E-state index in [1.807, 2.05) is 25.1 Å². The average Bonchev–Trinajstić information content (AvgIpc) is 2.52. The lowest BCUT2D eigenvalue weighted by atomic mass is 10.2. The fourth-order valence-corrected chi connectivity index (χ4v) is 3.31. The van der Waals surface area contributed by atoms with Gasteiger partial charge in [-0.15, -0.1) is 11.8 Å². The molecule has 0 aliphatic carbocycles. The molecule has 0 bridgehead atoms. The van der Waals surface area contributed by atoms with E-state index in [1.54, 1.807) is 24.3 Å². The number of thioether (sulfide) groups is 1. The van der Waals surface area contributed by atoms with Crippen molar-refractivity contribution in [3.8, 4) is 0 Å². The highest BCUT2D eigenvalue weighted by Gasteiger charge is 2.08. The molecule has 0 aliphatic heterocycles. The van der Waals surface area contributed by atoms with Crippen LogP contribution in [-0.4, -0.2) is 23.3 Å². The maximum Gasteiger partial charge on any atom is 0.234 e. The Morgan fingerprint density at radius 1 is 1.04 bits per heavy atom. The van der Waals surface area contributed by atoms with E-state index >= 15 is 0 Å². The standard InChI is InChI=1S/C17H16ClIN2O2S/c1-11-8-13(19)4-7-15(11)21-17(23)10-24-9-16(22)20-14-5-2-12(18)3-6-14/h2-8H,9-10H2,1H3,(H,20,22)(H,21,23). The van der Waals surface area contributed by atoms with Crippen LogP contribution >= 0.6 is 46.0 Å². The third-order valence-corrected chi connectivity index (χ3v) is 4.91. The van der Waals surface area contributed by atoms with Gasteiger partial charge in [0.15, 0.2) is 0 Å². The van der Waals surface area contributed by atoms with Crippen molar-refractivity contribution >= 4 is 69.1 Å². The second-order valence-corrected chi connectivity index (χ2v) is 7.72. The van der Waals surface area contributed by atoms with E-state index in [1.165, 1.54) is 11.8 Å². The monoisotopic (exact) mass is 474 g/mol. The maximum absolute atomic E-state index is 11.9. The number of amides is 2. The predicted molar refractivity (Wildman–Crippen MR) is 110 cm³/mol. The van der Waals surface area contributed by atoms with Gasteiger partial charge in [0.25, 0.3) is 0 Å². The molecule has 4 nitrogen and oxygen atoms in total. The summed E-state index contributed by atoms with van der Waals surface area (Å²) >= 11 is 9.29. The van der Waals surface area contributed by atoms with Crippen LogP contribution in [0.15, 0.2) is 42.5 Å². The summed E-state index contributed by atoms with van der Waals surface area (Å²) < 4.78 is 1.12. The molecule has 0 spiro atoms. The first-order valence-corrected chi connectivity index (χ1v) is 9.74. The Morgan fingerprint density at radius 3 is 2.29 bits per heavy atom. The molecule has 2 aromatic rings. The Hall–Kier alpha value is -1.25. The summed E-state index contributed by atoms with van der Waals surface area (Å²) in [4.78, 5) is 23.8. The summed E-state index contributed by atoms with van der Waals surface area (Å²) in [5.41, 5.74) is 2.50. The number of carbonyl (C=O) groups is 2. The van der Waals surface area contributed by atoms with Crippen LogP contribution in [0.25, 0.3) is 0 Å². The Labute approximate surface area is 163 Å². The number of aryl methyl sites for hydroxylation is 1. The van der Waals surface area contributed by atoms with Gasteiger partial charge in [0.05, 0.1) is 11.5 Å². The van der Waals surface area contributed by atoms with Crippen molar-refractivity contribution in [1.82, 2.24) is 0 Å². The quantitative estimate of drug-likeness (QED) is 0.603. The van der Waals surface area contributed by atoms with Crippen LogP contribution in [0.2, 0.25) is 5.02 Å². The van der Waals surface area contributed by atoms with Crippen LogP contribution < -0.4 is 10.6 Å². The lowest BCUT2D eigenvalue weighted by Crippen LogP contribution is -2.18. The van der Waals surface area contributed by atoms with Gasteiger partial charge in [0, 0.05) is 20.0 Å². The molecule has 0 saturated heterocycles. The topological polar surface area (TPSA) is 58.2 Å². The average molecular weight is 475 g/mol. The molecule has 2 rings (SSSR count). The van der Waals surface area contributed by atoms with Crippen LogP contribution in [0.3, 0.4) is 0 Å². The molecular formula is C17H16ClIN2O2S. The molecule has 0 radical (unpaired) electrons. The zero-order chi connectivity index (χ0) is 17.5. The number of benzene rings is 2. The summed E-state index contributed by atoms with van der Waals surface area (Å²) in [7, 11) is 0. The second-order valence-electron chi connectivity index (χ2n) is 5.06. The van der Waals surface area contributed by atoms with E-state index in [0.29, 0.717) is 10.7 Å². The van der Waals surface area contributed by atoms with E-state index < -0.39 is 0 Å². The lowest BCUT2D eigenvalue weighted by Gasteiger charge is -2.09. The molecule has 0 fully saturated rings. The zero-order valence-corrected chi connectivity index (χ0v) is 16.7. The van der Waals surface area contributed by atoms with Crippen LogP contribution in [0.1, 0.15) is 5.56 Å².